The number of aromatic nitrogens is 1. The summed E-state index contributed by atoms with van der Waals surface area (Å²) in [7, 11) is 4.06. The largest absolute Gasteiger partial charge is 0.353 e. The minimum Gasteiger partial charge on any atom is -0.353 e. The van der Waals surface area contributed by atoms with E-state index in [2.05, 4.69) is 28.6 Å². The number of anilines is 1. The Labute approximate surface area is 96.9 Å². The Balaban J connectivity index is 2.81. The zero-order valence-corrected chi connectivity index (χ0v) is 10.4. The molecular formula is C12H20FN3. The molecule has 1 unspecified atom stereocenters. The zero-order chi connectivity index (χ0) is 12.1. The maximum atomic E-state index is 13.0. The molecule has 0 spiro atoms. The van der Waals surface area contributed by atoms with Crippen LogP contribution in [0.3, 0.4) is 0 Å². The molecule has 1 rings (SSSR count). The van der Waals surface area contributed by atoms with Gasteiger partial charge in [-0.3, -0.25) is 0 Å². The van der Waals surface area contributed by atoms with E-state index in [0.717, 1.165) is 13.1 Å². The average molecular weight is 225 g/mol. The first-order valence-corrected chi connectivity index (χ1v) is 5.58. The molecule has 0 fully saturated rings. The Morgan fingerprint density at radius 3 is 2.56 bits per heavy atom. The van der Waals surface area contributed by atoms with Crippen LogP contribution in [0.4, 0.5) is 10.2 Å². The fraction of sp³-hybridized carbons (Fsp3) is 0.583. The van der Waals surface area contributed by atoms with Gasteiger partial charge in [-0.2, -0.15) is 4.39 Å². The molecule has 0 aliphatic rings. The summed E-state index contributed by atoms with van der Waals surface area (Å²) in [5.74, 6) is 0.282. The molecule has 16 heavy (non-hydrogen) atoms. The summed E-state index contributed by atoms with van der Waals surface area (Å²) in [6.45, 7) is 5.92. The van der Waals surface area contributed by atoms with Crippen molar-refractivity contribution in [2.45, 2.75) is 19.9 Å². The van der Waals surface area contributed by atoms with Crippen molar-refractivity contribution in [3.63, 3.8) is 0 Å². The third-order valence-electron chi connectivity index (χ3n) is 2.50. The van der Waals surface area contributed by atoms with Crippen LogP contribution in [0.5, 0.6) is 0 Å². The van der Waals surface area contributed by atoms with Gasteiger partial charge in [0.25, 0.3) is 0 Å². The number of hydrogen-bond donors (Lipinski definition) is 0. The zero-order valence-electron chi connectivity index (χ0n) is 10.4. The standard InChI is InChI=1S/C12H20FN3/c1-5-16(10(2)9-15(3)4)12-8-6-7-11(13)14-12/h6-8,10H,5,9H2,1-4H3. The molecule has 4 heteroatoms. The Morgan fingerprint density at radius 2 is 2.06 bits per heavy atom. The summed E-state index contributed by atoms with van der Waals surface area (Å²) in [6, 6.07) is 5.23. The first kappa shape index (κ1) is 12.9. The molecule has 1 aromatic heterocycles. The smallest absolute Gasteiger partial charge is 0.214 e. The van der Waals surface area contributed by atoms with E-state index in [1.165, 1.54) is 6.07 Å². The van der Waals surface area contributed by atoms with Crippen LogP contribution in [-0.2, 0) is 0 Å². The first-order chi connectivity index (χ1) is 7.54. The van der Waals surface area contributed by atoms with Crippen molar-refractivity contribution in [3.8, 4) is 0 Å². The lowest BCUT2D eigenvalue weighted by Gasteiger charge is -2.31. The lowest BCUT2D eigenvalue weighted by molar-refractivity contribution is 0.371. The van der Waals surface area contributed by atoms with Crippen LogP contribution in [0.15, 0.2) is 18.2 Å². The van der Waals surface area contributed by atoms with Gasteiger partial charge < -0.3 is 9.80 Å². The van der Waals surface area contributed by atoms with Gasteiger partial charge in [0.05, 0.1) is 0 Å². The van der Waals surface area contributed by atoms with Crippen LogP contribution < -0.4 is 4.90 Å². The third kappa shape index (κ3) is 3.45. The van der Waals surface area contributed by atoms with E-state index in [1.807, 2.05) is 20.2 Å². The lowest BCUT2D eigenvalue weighted by Crippen LogP contribution is -2.40. The predicted molar refractivity (Wildman–Crippen MR) is 65.2 cm³/mol. The molecule has 0 saturated carbocycles. The molecule has 0 radical (unpaired) electrons. The molecule has 0 aliphatic carbocycles. The highest BCUT2D eigenvalue weighted by molar-refractivity contribution is 5.39. The first-order valence-electron chi connectivity index (χ1n) is 5.58. The molecule has 0 aromatic carbocycles. The number of halogens is 1. The van der Waals surface area contributed by atoms with E-state index in [-0.39, 0.29) is 0 Å². The van der Waals surface area contributed by atoms with Crippen molar-refractivity contribution in [3.05, 3.63) is 24.1 Å². The fourth-order valence-electron chi connectivity index (χ4n) is 1.88. The van der Waals surface area contributed by atoms with Gasteiger partial charge in [0.15, 0.2) is 0 Å². The van der Waals surface area contributed by atoms with Gasteiger partial charge in [-0.15, -0.1) is 0 Å². The number of pyridine rings is 1. The maximum Gasteiger partial charge on any atom is 0.214 e. The number of hydrogen-bond acceptors (Lipinski definition) is 3. The summed E-state index contributed by atoms with van der Waals surface area (Å²) in [4.78, 5) is 8.13. The molecule has 1 atom stereocenters. The Bertz CT molecular complexity index is 328. The summed E-state index contributed by atoms with van der Waals surface area (Å²) < 4.78 is 13.0. The van der Waals surface area contributed by atoms with Crippen molar-refractivity contribution in [1.82, 2.24) is 9.88 Å². The van der Waals surface area contributed by atoms with E-state index >= 15 is 0 Å². The van der Waals surface area contributed by atoms with Gasteiger partial charge in [-0.05, 0) is 40.1 Å². The van der Waals surface area contributed by atoms with Crippen LogP contribution in [0.2, 0.25) is 0 Å². The summed E-state index contributed by atoms with van der Waals surface area (Å²) >= 11 is 0. The second-order valence-electron chi connectivity index (χ2n) is 4.22. The minimum atomic E-state index is -0.423. The van der Waals surface area contributed by atoms with Gasteiger partial charge in [-0.1, -0.05) is 6.07 Å². The SMILES string of the molecule is CCN(c1cccc(F)n1)C(C)CN(C)C. The maximum absolute atomic E-state index is 13.0. The van der Waals surface area contributed by atoms with Gasteiger partial charge in [0.1, 0.15) is 5.82 Å². The third-order valence-corrected chi connectivity index (χ3v) is 2.50. The van der Waals surface area contributed by atoms with E-state index in [9.17, 15) is 4.39 Å². The van der Waals surface area contributed by atoms with Crippen molar-refractivity contribution < 1.29 is 4.39 Å². The predicted octanol–water partition coefficient (Wildman–Crippen LogP) is 2.00. The summed E-state index contributed by atoms with van der Waals surface area (Å²) in [6.07, 6.45) is 0. The van der Waals surface area contributed by atoms with Crippen LogP contribution in [0.25, 0.3) is 0 Å². The molecular weight excluding hydrogens is 205 g/mol. The van der Waals surface area contributed by atoms with E-state index in [1.54, 1.807) is 6.07 Å². The normalized spacial score (nSPS) is 12.9. The molecule has 1 aromatic rings. The van der Waals surface area contributed by atoms with Crippen LogP contribution in [-0.4, -0.2) is 43.1 Å². The van der Waals surface area contributed by atoms with E-state index < -0.39 is 5.95 Å². The molecule has 0 amide bonds. The lowest BCUT2D eigenvalue weighted by atomic mass is 10.2. The van der Waals surface area contributed by atoms with Crippen molar-refractivity contribution in [1.29, 1.82) is 0 Å². The summed E-state index contributed by atoms with van der Waals surface area (Å²) in [5.41, 5.74) is 0. The highest BCUT2D eigenvalue weighted by Gasteiger charge is 2.14. The molecule has 90 valence electrons. The second kappa shape index (κ2) is 5.80. The van der Waals surface area contributed by atoms with Gasteiger partial charge in [0, 0.05) is 19.1 Å². The Hall–Kier alpha value is -1.16. The monoisotopic (exact) mass is 225 g/mol. The minimum absolute atomic E-state index is 0.314. The number of likely N-dealkylation sites (N-methyl/N-ethyl adjacent to an activating group) is 2. The fourth-order valence-corrected chi connectivity index (χ4v) is 1.88. The van der Waals surface area contributed by atoms with Gasteiger partial charge in [-0.25, -0.2) is 4.98 Å². The van der Waals surface area contributed by atoms with Gasteiger partial charge in [0.2, 0.25) is 5.95 Å². The Kier molecular flexibility index (Phi) is 4.68. The van der Waals surface area contributed by atoms with Crippen molar-refractivity contribution in [2.75, 3.05) is 32.1 Å². The van der Waals surface area contributed by atoms with Crippen LogP contribution in [0, 0.1) is 5.95 Å². The van der Waals surface area contributed by atoms with Gasteiger partial charge >= 0.3 is 0 Å². The second-order valence-corrected chi connectivity index (χ2v) is 4.22. The molecule has 0 N–H and O–H groups in total. The highest BCUT2D eigenvalue weighted by atomic mass is 19.1. The van der Waals surface area contributed by atoms with Crippen molar-refractivity contribution in [2.24, 2.45) is 0 Å². The molecule has 0 bridgehead atoms. The van der Waals surface area contributed by atoms with E-state index in [4.69, 9.17) is 0 Å². The molecule has 3 nitrogen and oxygen atoms in total. The van der Waals surface area contributed by atoms with E-state index in [0.29, 0.717) is 11.9 Å². The number of rotatable bonds is 5. The number of nitrogens with zero attached hydrogens (tertiary/aromatic N) is 3. The molecule has 1 heterocycles. The van der Waals surface area contributed by atoms with Crippen LogP contribution in [0.1, 0.15) is 13.8 Å². The Morgan fingerprint density at radius 1 is 1.38 bits per heavy atom. The van der Waals surface area contributed by atoms with Crippen LogP contribution >= 0.6 is 0 Å². The topological polar surface area (TPSA) is 19.4 Å². The van der Waals surface area contributed by atoms with Crippen molar-refractivity contribution >= 4 is 5.82 Å². The molecule has 0 saturated heterocycles. The quantitative estimate of drug-likeness (QED) is 0.714. The molecule has 0 aliphatic heterocycles. The highest BCUT2D eigenvalue weighted by Crippen LogP contribution is 2.14. The summed E-state index contributed by atoms with van der Waals surface area (Å²) in [5, 5.41) is 0. The average Bonchev–Trinajstić information content (AvgIpc) is 2.17.